The number of carbonyl (C=O) groups excluding carboxylic acids is 2. The summed E-state index contributed by atoms with van der Waals surface area (Å²) in [5.74, 6) is -1.02. The predicted octanol–water partition coefficient (Wildman–Crippen LogP) is 4.37. The Labute approximate surface area is 218 Å². The number of halogens is 1. The fourth-order valence-electron chi connectivity index (χ4n) is 4.24. The van der Waals surface area contributed by atoms with Crippen LogP contribution in [0, 0.1) is 19.7 Å². The number of amides is 2. The molecular weight excluding hydrogens is 487 g/mol. The number of anilines is 2. The summed E-state index contributed by atoms with van der Waals surface area (Å²) in [5.41, 5.74) is 2.41. The molecule has 0 aliphatic heterocycles. The number of aromatic nitrogens is 2. The Balaban J connectivity index is 1.48. The standard InChI is InChI=1S/C29H29FN4O4/c1-19-10-11-20(2)24(17-19)32-27(36)18-34-25-8-4-3-7-23(25)28(37)33(29(34)38)16-6-5-9-26(35)31-22-14-12-21(30)13-15-22/h3-4,7-8,10-15,17H,5-6,9,16,18H2,1-2H3,(H,31,35)(H,32,36). The van der Waals surface area contributed by atoms with Gasteiger partial charge in [-0.15, -0.1) is 0 Å². The number of hydrogen-bond acceptors (Lipinski definition) is 4. The number of aryl methyl sites for hydroxylation is 2. The van der Waals surface area contributed by atoms with Crippen LogP contribution in [-0.4, -0.2) is 20.9 Å². The zero-order chi connectivity index (χ0) is 27.2. The fraction of sp³-hybridized carbons (Fsp3) is 0.241. The van der Waals surface area contributed by atoms with E-state index in [1.54, 1.807) is 24.3 Å². The molecule has 38 heavy (non-hydrogen) atoms. The lowest BCUT2D eigenvalue weighted by Crippen LogP contribution is -2.41. The number of fused-ring (bicyclic) bond motifs is 1. The molecule has 0 unspecified atom stereocenters. The molecule has 0 spiro atoms. The number of carbonyl (C=O) groups is 2. The Hall–Kier alpha value is -4.53. The van der Waals surface area contributed by atoms with Gasteiger partial charge in [-0.3, -0.25) is 23.5 Å². The number of hydrogen-bond donors (Lipinski definition) is 2. The molecule has 0 radical (unpaired) electrons. The first-order valence-electron chi connectivity index (χ1n) is 12.4. The van der Waals surface area contributed by atoms with E-state index in [4.69, 9.17) is 0 Å². The van der Waals surface area contributed by atoms with Crippen LogP contribution < -0.4 is 21.9 Å². The zero-order valence-electron chi connectivity index (χ0n) is 21.3. The number of nitrogens with one attached hydrogen (secondary N) is 2. The third-order valence-corrected chi connectivity index (χ3v) is 6.26. The Morgan fingerprint density at radius 2 is 1.58 bits per heavy atom. The Kier molecular flexibility index (Phi) is 8.15. The van der Waals surface area contributed by atoms with Crippen molar-refractivity contribution < 1.29 is 14.0 Å². The molecule has 0 bridgehead atoms. The summed E-state index contributed by atoms with van der Waals surface area (Å²) in [6, 6.07) is 17.9. The average molecular weight is 517 g/mol. The fourth-order valence-corrected chi connectivity index (χ4v) is 4.24. The summed E-state index contributed by atoms with van der Waals surface area (Å²) in [7, 11) is 0. The summed E-state index contributed by atoms with van der Waals surface area (Å²) in [6.45, 7) is 3.66. The minimum Gasteiger partial charge on any atom is -0.326 e. The summed E-state index contributed by atoms with van der Waals surface area (Å²) in [5, 5.41) is 5.88. The molecule has 0 fully saturated rings. The SMILES string of the molecule is Cc1ccc(C)c(NC(=O)Cn2c(=O)n(CCCCC(=O)Nc3ccc(F)cc3)c(=O)c3ccccc32)c1. The van der Waals surface area contributed by atoms with E-state index >= 15 is 0 Å². The first-order chi connectivity index (χ1) is 18.2. The summed E-state index contributed by atoms with van der Waals surface area (Å²) in [6.07, 6.45) is 1.00. The molecule has 3 aromatic carbocycles. The van der Waals surface area contributed by atoms with Crippen molar-refractivity contribution in [3.05, 3.63) is 105 Å². The van der Waals surface area contributed by atoms with Crippen LogP contribution in [0.3, 0.4) is 0 Å². The van der Waals surface area contributed by atoms with Crippen LogP contribution in [0.4, 0.5) is 15.8 Å². The maximum Gasteiger partial charge on any atom is 0.331 e. The van der Waals surface area contributed by atoms with Crippen LogP contribution in [0.15, 0.2) is 76.3 Å². The Morgan fingerprint density at radius 1 is 0.842 bits per heavy atom. The van der Waals surface area contributed by atoms with E-state index in [0.717, 1.165) is 15.7 Å². The topological polar surface area (TPSA) is 102 Å². The number of para-hydroxylation sites is 1. The van der Waals surface area contributed by atoms with Crippen molar-refractivity contribution >= 4 is 34.1 Å². The van der Waals surface area contributed by atoms with Gasteiger partial charge in [0.25, 0.3) is 5.56 Å². The Bertz CT molecular complexity index is 1610. The van der Waals surface area contributed by atoms with Crippen LogP contribution in [0.25, 0.3) is 10.9 Å². The number of nitrogens with zero attached hydrogens (tertiary/aromatic N) is 2. The molecule has 196 valence electrons. The normalized spacial score (nSPS) is 10.9. The average Bonchev–Trinajstić information content (AvgIpc) is 2.89. The lowest BCUT2D eigenvalue weighted by Gasteiger charge is -2.15. The molecule has 8 nitrogen and oxygen atoms in total. The van der Waals surface area contributed by atoms with Crippen LogP contribution in [0.5, 0.6) is 0 Å². The summed E-state index contributed by atoms with van der Waals surface area (Å²) < 4.78 is 15.5. The molecule has 0 saturated carbocycles. The van der Waals surface area contributed by atoms with Gasteiger partial charge >= 0.3 is 5.69 Å². The third-order valence-electron chi connectivity index (χ3n) is 6.26. The van der Waals surface area contributed by atoms with Crippen molar-refractivity contribution in [1.29, 1.82) is 0 Å². The van der Waals surface area contributed by atoms with E-state index < -0.39 is 17.1 Å². The van der Waals surface area contributed by atoms with Gasteiger partial charge in [0.2, 0.25) is 11.8 Å². The highest BCUT2D eigenvalue weighted by Crippen LogP contribution is 2.17. The molecule has 4 aromatic rings. The molecule has 0 saturated heterocycles. The van der Waals surface area contributed by atoms with Crippen LogP contribution in [-0.2, 0) is 22.7 Å². The van der Waals surface area contributed by atoms with Gasteiger partial charge in [-0.05, 0) is 80.3 Å². The smallest absolute Gasteiger partial charge is 0.326 e. The zero-order valence-corrected chi connectivity index (χ0v) is 21.3. The molecule has 0 aliphatic carbocycles. The second kappa shape index (κ2) is 11.7. The largest absolute Gasteiger partial charge is 0.331 e. The molecular formula is C29H29FN4O4. The quantitative estimate of drug-likeness (QED) is 0.323. The molecule has 1 aromatic heterocycles. The van der Waals surface area contributed by atoms with E-state index in [-0.39, 0.29) is 31.3 Å². The van der Waals surface area contributed by atoms with Crippen LogP contribution in [0.2, 0.25) is 0 Å². The molecule has 1 heterocycles. The number of benzene rings is 3. The minimum atomic E-state index is -0.583. The number of unbranched alkanes of at least 4 members (excludes halogenated alkanes) is 1. The van der Waals surface area contributed by atoms with Gasteiger partial charge in [-0.2, -0.15) is 0 Å². The minimum absolute atomic E-state index is 0.102. The first kappa shape index (κ1) is 26.5. The molecule has 2 N–H and O–H groups in total. The van der Waals surface area contributed by atoms with Crippen molar-refractivity contribution in [2.75, 3.05) is 10.6 Å². The number of rotatable bonds is 9. The van der Waals surface area contributed by atoms with Gasteiger partial charge in [-0.25, -0.2) is 9.18 Å². The second-order valence-corrected chi connectivity index (χ2v) is 9.22. The predicted molar refractivity (Wildman–Crippen MR) is 146 cm³/mol. The van der Waals surface area contributed by atoms with Gasteiger partial charge in [-0.1, -0.05) is 24.3 Å². The monoisotopic (exact) mass is 516 g/mol. The van der Waals surface area contributed by atoms with E-state index in [2.05, 4.69) is 10.6 Å². The van der Waals surface area contributed by atoms with E-state index in [9.17, 15) is 23.6 Å². The van der Waals surface area contributed by atoms with Gasteiger partial charge in [0, 0.05) is 24.3 Å². The van der Waals surface area contributed by atoms with Gasteiger partial charge in [0.05, 0.1) is 10.9 Å². The lowest BCUT2D eigenvalue weighted by atomic mass is 10.1. The van der Waals surface area contributed by atoms with Crippen molar-refractivity contribution in [3.63, 3.8) is 0 Å². The van der Waals surface area contributed by atoms with Crippen molar-refractivity contribution in [1.82, 2.24) is 9.13 Å². The second-order valence-electron chi connectivity index (χ2n) is 9.22. The van der Waals surface area contributed by atoms with Crippen LogP contribution in [0.1, 0.15) is 30.4 Å². The molecule has 9 heteroatoms. The van der Waals surface area contributed by atoms with Gasteiger partial charge in [0.1, 0.15) is 12.4 Å². The van der Waals surface area contributed by atoms with E-state index in [1.807, 2.05) is 32.0 Å². The molecule has 0 atom stereocenters. The van der Waals surface area contributed by atoms with Gasteiger partial charge in [0.15, 0.2) is 0 Å². The Morgan fingerprint density at radius 3 is 2.34 bits per heavy atom. The molecule has 2 amide bonds. The van der Waals surface area contributed by atoms with E-state index in [1.165, 1.54) is 28.8 Å². The maximum absolute atomic E-state index is 13.3. The van der Waals surface area contributed by atoms with Crippen molar-refractivity contribution in [3.8, 4) is 0 Å². The van der Waals surface area contributed by atoms with Crippen molar-refractivity contribution in [2.24, 2.45) is 0 Å². The van der Waals surface area contributed by atoms with Crippen LogP contribution >= 0.6 is 0 Å². The highest BCUT2D eigenvalue weighted by atomic mass is 19.1. The lowest BCUT2D eigenvalue weighted by molar-refractivity contribution is -0.117. The van der Waals surface area contributed by atoms with Crippen molar-refractivity contribution in [2.45, 2.75) is 46.2 Å². The highest BCUT2D eigenvalue weighted by Gasteiger charge is 2.16. The maximum atomic E-state index is 13.3. The molecule has 0 aliphatic rings. The highest BCUT2D eigenvalue weighted by molar-refractivity contribution is 5.92. The molecule has 4 rings (SSSR count). The summed E-state index contributed by atoms with van der Waals surface area (Å²) in [4.78, 5) is 51.6. The van der Waals surface area contributed by atoms with E-state index in [0.29, 0.717) is 35.1 Å². The third kappa shape index (κ3) is 6.23. The van der Waals surface area contributed by atoms with Gasteiger partial charge < -0.3 is 10.6 Å². The summed E-state index contributed by atoms with van der Waals surface area (Å²) >= 11 is 0. The first-order valence-corrected chi connectivity index (χ1v) is 12.4.